The largest absolute Gasteiger partial charge is 0.497 e. The van der Waals surface area contributed by atoms with Gasteiger partial charge in [-0.2, -0.15) is 0 Å². The highest BCUT2D eigenvalue weighted by Gasteiger charge is 2.46. The molecule has 1 saturated carbocycles. The van der Waals surface area contributed by atoms with Gasteiger partial charge in [-0.3, -0.25) is 14.5 Å². The van der Waals surface area contributed by atoms with Crippen molar-refractivity contribution in [2.45, 2.75) is 44.4 Å². The Balaban J connectivity index is 1.49. The second kappa shape index (κ2) is 8.52. The molecule has 0 bridgehead atoms. The Labute approximate surface area is 180 Å². The number of amides is 2. The van der Waals surface area contributed by atoms with Crippen molar-refractivity contribution in [1.82, 2.24) is 4.90 Å². The minimum absolute atomic E-state index is 0.0218. The van der Waals surface area contributed by atoms with E-state index in [1.54, 1.807) is 12.0 Å². The van der Waals surface area contributed by atoms with Gasteiger partial charge in [-0.05, 0) is 62.1 Å². The average Bonchev–Trinajstić information content (AvgIpc) is 3.51. The number of aliphatic imine (C=N–C) groups is 1. The van der Waals surface area contributed by atoms with Crippen LogP contribution in [0.1, 0.15) is 30.4 Å². The first-order valence-corrected chi connectivity index (χ1v) is 10.9. The van der Waals surface area contributed by atoms with Crippen LogP contribution in [0.5, 0.6) is 5.75 Å². The second-order valence-corrected chi connectivity index (χ2v) is 8.83. The number of carbonyl (C=O) groups excluding carboxylic acids is 2. The molecule has 1 aliphatic carbocycles. The number of anilines is 1. The van der Waals surface area contributed by atoms with E-state index in [9.17, 15) is 9.59 Å². The molecule has 1 aliphatic heterocycles. The number of hydrogen-bond donors (Lipinski definition) is 1. The molecule has 2 aliphatic rings. The fourth-order valence-electron chi connectivity index (χ4n) is 3.50. The Hall–Kier alpha value is -2.80. The quantitative estimate of drug-likeness (QED) is 0.746. The van der Waals surface area contributed by atoms with Gasteiger partial charge in [0, 0.05) is 18.2 Å². The number of ether oxygens (including phenoxy) is 1. The van der Waals surface area contributed by atoms with Gasteiger partial charge in [0.25, 0.3) is 0 Å². The Morgan fingerprint density at radius 1 is 1.17 bits per heavy atom. The van der Waals surface area contributed by atoms with E-state index >= 15 is 0 Å². The van der Waals surface area contributed by atoms with Crippen molar-refractivity contribution < 1.29 is 14.3 Å². The molecule has 1 atom stereocenters. The van der Waals surface area contributed by atoms with Crippen molar-refractivity contribution in [1.29, 1.82) is 0 Å². The first-order chi connectivity index (χ1) is 14.5. The standard InChI is InChI=1S/C23H25N3O3S/c1-14-5-4-6-15(2)21(14)25-20(27)13-19-22(28)26(17-9-10-17)23(30-19)24-16-7-11-18(29-3)12-8-16/h4-8,11-12,17,19H,9-10,13H2,1-3H3,(H,25,27)/t19-/m0/s1. The number of aryl methyl sites for hydroxylation is 2. The maximum atomic E-state index is 13.0. The number of thioether (sulfide) groups is 1. The number of nitrogens with zero attached hydrogens (tertiary/aromatic N) is 2. The van der Waals surface area contributed by atoms with Crippen LogP contribution in [0.4, 0.5) is 11.4 Å². The summed E-state index contributed by atoms with van der Waals surface area (Å²) < 4.78 is 5.19. The van der Waals surface area contributed by atoms with Gasteiger partial charge in [0.05, 0.1) is 12.8 Å². The van der Waals surface area contributed by atoms with Crippen LogP contribution in [0.25, 0.3) is 0 Å². The van der Waals surface area contributed by atoms with Gasteiger partial charge in [0.15, 0.2) is 5.17 Å². The van der Waals surface area contributed by atoms with Gasteiger partial charge in [-0.25, -0.2) is 4.99 Å². The maximum absolute atomic E-state index is 13.0. The van der Waals surface area contributed by atoms with Crippen molar-refractivity contribution in [3.05, 3.63) is 53.6 Å². The third kappa shape index (κ3) is 4.36. The number of hydrogen-bond acceptors (Lipinski definition) is 5. The summed E-state index contributed by atoms with van der Waals surface area (Å²) in [5.41, 5.74) is 3.60. The van der Waals surface area contributed by atoms with Gasteiger partial charge >= 0.3 is 0 Å². The monoisotopic (exact) mass is 423 g/mol. The van der Waals surface area contributed by atoms with Gasteiger partial charge in [0.2, 0.25) is 11.8 Å². The molecule has 0 aromatic heterocycles. The number of methoxy groups -OCH3 is 1. The lowest BCUT2D eigenvalue weighted by atomic mass is 10.1. The first-order valence-electron chi connectivity index (χ1n) is 10.0. The molecule has 2 amide bonds. The molecule has 0 unspecified atom stereocenters. The number of amidine groups is 1. The SMILES string of the molecule is COc1ccc(N=C2S[C@@H](CC(=O)Nc3c(C)cccc3C)C(=O)N2C2CC2)cc1. The zero-order valence-corrected chi connectivity index (χ0v) is 18.2. The van der Waals surface area contributed by atoms with E-state index in [0.717, 1.165) is 41.1 Å². The summed E-state index contributed by atoms with van der Waals surface area (Å²) in [6.07, 6.45) is 2.09. The Morgan fingerprint density at radius 2 is 1.83 bits per heavy atom. The van der Waals surface area contributed by atoms with E-state index in [4.69, 9.17) is 9.73 Å². The lowest BCUT2D eigenvalue weighted by molar-refractivity contribution is -0.128. The van der Waals surface area contributed by atoms with E-state index in [-0.39, 0.29) is 24.3 Å². The van der Waals surface area contributed by atoms with Crippen LogP contribution in [0.3, 0.4) is 0 Å². The summed E-state index contributed by atoms with van der Waals surface area (Å²) in [4.78, 5) is 32.2. The van der Waals surface area contributed by atoms with Crippen LogP contribution in [0, 0.1) is 13.8 Å². The molecule has 0 spiro atoms. The Kier molecular flexibility index (Phi) is 5.81. The summed E-state index contributed by atoms with van der Waals surface area (Å²) in [7, 11) is 1.62. The third-order valence-corrected chi connectivity index (χ3v) is 6.44. The molecule has 1 heterocycles. The second-order valence-electron chi connectivity index (χ2n) is 7.66. The molecule has 0 radical (unpaired) electrons. The zero-order chi connectivity index (χ0) is 21.3. The highest BCUT2D eigenvalue weighted by atomic mass is 32.2. The first kappa shape index (κ1) is 20.5. The van der Waals surface area contributed by atoms with Crippen molar-refractivity contribution in [2.24, 2.45) is 4.99 Å². The highest BCUT2D eigenvalue weighted by molar-refractivity contribution is 8.15. The van der Waals surface area contributed by atoms with Gasteiger partial charge in [0.1, 0.15) is 11.0 Å². The predicted molar refractivity (Wildman–Crippen MR) is 120 cm³/mol. The molecule has 7 heteroatoms. The Bertz CT molecular complexity index is 979. The van der Waals surface area contributed by atoms with Gasteiger partial charge in [-0.15, -0.1) is 0 Å². The summed E-state index contributed by atoms with van der Waals surface area (Å²) in [6.45, 7) is 3.93. The molecule has 1 saturated heterocycles. The fraction of sp³-hybridized carbons (Fsp3) is 0.348. The highest BCUT2D eigenvalue weighted by Crippen LogP contribution is 2.39. The fourth-order valence-corrected chi connectivity index (χ4v) is 4.71. The number of nitrogens with one attached hydrogen (secondary N) is 1. The molecule has 1 N–H and O–H groups in total. The van der Waals surface area contributed by atoms with Crippen LogP contribution in [0.15, 0.2) is 47.5 Å². The lowest BCUT2D eigenvalue weighted by Crippen LogP contribution is -2.35. The summed E-state index contributed by atoms with van der Waals surface area (Å²) in [6, 6.07) is 13.5. The smallest absolute Gasteiger partial charge is 0.242 e. The number of benzene rings is 2. The van der Waals surface area contributed by atoms with Crippen LogP contribution in [-0.2, 0) is 9.59 Å². The van der Waals surface area contributed by atoms with E-state index in [1.807, 2.05) is 56.3 Å². The number of para-hydroxylation sites is 1. The van der Waals surface area contributed by atoms with E-state index < -0.39 is 5.25 Å². The zero-order valence-electron chi connectivity index (χ0n) is 17.3. The Morgan fingerprint density at radius 3 is 2.43 bits per heavy atom. The maximum Gasteiger partial charge on any atom is 0.242 e. The predicted octanol–water partition coefficient (Wildman–Crippen LogP) is 4.43. The normalized spacial score (nSPS) is 20.0. The molecule has 2 aromatic carbocycles. The van der Waals surface area contributed by atoms with Crippen LogP contribution in [0.2, 0.25) is 0 Å². The molecule has 4 rings (SSSR count). The molecule has 6 nitrogen and oxygen atoms in total. The van der Waals surface area contributed by atoms with E-state index in [0.29, 0.717) is 5.17 Å². The van der Waals surface area contributed by atoms with E-state index in [1.165, 1.54) is 11.8 Å². The van der Waals surface area contributed by atoms with Crippen molar-refractivity contribution in [3.8, 4) is 5.75 Å². The topological polar surface area (TPSA) is 71.0 Å². The van der Waals surface area contributed by atoms with Gasteiger partial charge in [-0.1, -0.05) is 30.0 Å². The molecule has 30 heavy (non-hydrogen) atoms. The number of rotatable bonds is 6. The molecule has 2 fully saturated rings. The van der Waals surface area contributed by atoms with Crippen molar-refractivity contribution in [2.75, 3.05) is 12.4 Å². The lowest BCUT2D eigenvalue weighted by Gasteiger charge is -2.15. The van der Waals surface area contributed by atoms with Crippen LogP contribution >= 0.6 is 11.8 Å². The van der Waals surface area contributed by atoms with Gasteiger partial charge < -0.3 is 10.1 Å². The molecular weight excluding hydrogens is 398 g/mol. The van der Waals surface area contributed by atoms with Crippen molar-refractivity contribution in [3.63, 3.8) is 0 Å². The minimum Gasteiger partial charge on any atom is -0.497 e. The number of carbonyl (C=O) groups is 2. The molecule has 156 valence electrons. The minimum atomic E-state index is -0.452. The van der Waals surface area contributed by atoms with Crippen molar-refractivity contribution >= 4 is 40.1 Å². The van der Waals surface area contributed by atoms with Crippen LogP contribution < -0.4 is 10.1 Å². The summed E-state index contributed by atoms with van der Waals surface area (Å²) in [5.74, 6) is 0.584. The van der Waals surface area contributed by atoms with Crippen LogP contribution in [-0.4, -0.2) is 40.3 Å². The van der Waals surface area contributed by atoms with E-state index in [2.05, 4.69) is 5.32 Å². The average molecular weight is 424 g/mol. The molecular formula is C23H25N3O3S. The molecule has 2 aromatic rings. The third-order valence-electron chi connectivity index (χ3n) is 5.29. The summed E-state index contributed by atoms with van der Waals surface area (Å²) >= 11 is 1.38. The summed E-state index contributed by atoms with van der Waals surface area (Å²) in [5, 5.41) is 3.21.